The van der Waals surface area contributed by atoms with Crippen molar-refractivity contribution in [1.29, 1.82) is 0 Å². The number of rotatable bonds is 4. The predicted molar refractivity (Wildman–Crippen MR) is 64.3 cm³/mol. The average Bonchev–Trinajstić information content (AvgIpc) is 2.18. The Morgan fingerprint density at radius 3 is 2.53 bits per heavy atom. The summed E-state index contributed by atoms with van der Waals surface area (Å²) in [4.78, 5) is 11.6. The summed E-state index contributed by atoms with van der Waals surface area (Å²) in [7, 11) is 0. The van der Waals surface area contributed by atoms with Gasteiger partial charge in [-0.05, 0) is 25.5 Å². The number of aryl methyl sites for hydroxylation is 1. The maximum Gasteiger partial charge on any atom is 0.339 e. The first kappa shape index (κ1) is 12.1. The molecule has 0 aliphatic rings. The van der Waals surface area contributed by atoms with Crippen LogP contribution in [0, 0.1) is 6.92 Å². The monoisotopic (exact) mass is 224 g/mol. The number of hydrogen-bond donors (Lipinski definition) is 1. The molecule has 1 atom stereocenters. The summed E-state index contributed by atoms with van der Waals surface area (Å²) < 4.78 is 5.14. The van der Waals surface area contributed by atoms with Gasteiger partial charge in [0, 0.05) is 0 Å². The van der Waals surface area contributed by atoms with E-state index in [0.717, 1.165) is 18.4 Å². The van der Waals surface area contributed by atoms with Crippen molar-refractivity contribution in [3.63, 3.8) is 0 Å². The molecule has 0 saturated heterocycles. The van der Waals surface area contributed by atoms with Gasteiger partial charge in [-0.15, -0.1) is 12.6 Å². The van der Waals surface area contributed by atoms with E-state index in [1.807, 2.05) is 26.0 Å². The lowest BCUT2D eigenvalue weighted by Crippen LogP contribution is -2.12. The summed E-state index contributed by atoms with van der Waals surface area (Å²) in [5.74, 6) is -0.302. The lowest BCUT2D eigenvalue weighted by Gasteiger charge is -2.11. The van der Waals surface area contributed by atoms with Gasteiger partial charge < -0.3 is 4.74 Å². The lowest BCUT2D eigenvalue weighted by atomic mass is 10.1. The summed E-state index contributed by atoms with van der Waals surface area (Å²) >= 11 is 4.18. The molecule has 3 heteroatoms. The number of hydrogen-bond acceptors (Lipinski definition) is 3. The van der Waals surface area contributed by atoms with Gasteiger partial charge in [-0.1, -0.05) is 31.0 Å². The number of carbonyl (C=O) groups is 1. The van der Waals surface area contributed by atoms with Crippen molar-refractivity contribution >= 4 is 18.6 Å². The molecule has 1 aromatic rings. The third kappa shape index (κ3) is 3.96. The molecule has 0 aliphatic carbocycles. The van der Waals surface area contributed by atoms with Crippen LogP contribution in [-0.2, 0) is 4.74 Å². The quantitative estimate of drug-likeness (QED) is 0.483. The predicted octanol–water partition coefficient (Wildman–Crippen LogP) is 3.21. The topological polar surface area (TPSA) is 26.3 Å². The molecule has 0 aromatic heterocycles. The van der Waals surface area contributed by atoms with E-state index in [0.29, 0.717) is 5.56 Å². The summed E-state index contributed by atoms with van der Waals surface area (Å²) in [6.07, 6.45) is 1.73. The molecule has 1 rings (SSSR count). The molecule has 2 nitrogen and oxygen atoms in total. The zero-order valence-corrected chi connectivity index (χ0v) is 9.96. The van der Waals surface area contributed by atoms with Crippen molar-refractivity contribution in [1.82, 2.24) is 0 Å². The van der Waals surface area contributed by atoms with Crippen LogP contribution in [0.1, 0.15) is 35.7 Å². The van der Waals surface area contributed by atoms with Crippen molar-refractivity contribution in [2.45, 2.75) is 32.1 Å². The van der Waals surface area contributed by atoms with Crippen molar-refractivity contribution in [2.24, 2.45) is 0 Å². The van der Waals surface area contributed by atoms with Crippen molar-refractivity contribution in [2.75, 3.05) is 0 Å². The van der Waals surface area contributed by atoms with Crippen LogP contribution in [0.5, 0.6) is 0 Å². The first-order valence-electron chi connectivity index (χ1n) is 5.09. The van der Waals surface area contributed by atoms with Gasteiger partial charge in [-0.2, -0.15) is 0 Å². The zero-order chi connectivity index (χ0) is 11.3. The van der Waals surface area contributed by atoms with Gasteiger partial charge in [0.25, 0.3) is 0 Å². The maximum atomic E-state index is 11.6. The van der Waals surface area contributed by atoms with Gasteiger partial charge in [0.1, 0.15) is 5.44 Å². The number of esters is 1. The molecule has 0 amide bonds. The highest BCUT2D eigenvalue weighted by molar-refractivity contribution is 7.80. The molecule has 0 heterocycles. The molecule has 0 saturated carbocycles. The van der Waals surface area contributed by atoms with E-state index in [2.05, 4.69) is 12.6 Å². The maximum absolute atomic E-state index is 11.6. The van der Waals surface area contributed by atoms with Crippen LogP contribution in [0.25, 0.3) is 0 Å². The Morgan fingerprint density at radius 1 is 1.40 bits per heavy atom. The van der Waals surface area contributed by atoms with E-state index in [4.69, 9.17) is 4.74 Å². The van der Waals surface area contributed by atoms with E-state index in [9.17, 15) is 4.79 Å². The molecule has 0 bridgehead atoms. The lowest BCUT2D eigenvalue weighted by molar-refractivity contribution is 0.0451. The number of ether oxygens (including phenoxy) is 1. The third-order valence-electron chi connectivity index (χ3n) is 2.07. The van der Waals surface area contributed by atoms with E-state index in [-0.39, 0.29) is 11.4 Å². The second-order valence-electron chi connectivity index (χ2n) is 3.51. The minimum absolute atomic E-state index is 0.302. The second-order valence-corrected chi connectivity index (χ2v) is 4.09. The highest BCUT2D eigenvalue weighted by Gasteiger charge is 2.11. The normalized spacial score (nSPS) is 12.2. The average molecular weight is 224 g/mol. The van der Waals surface area contributed by atoms with Crippen LogP contribution in [0.4, 0.5) is 0 Å². The van der Waals surface area contributed by atoms with Gasteiger partial charge in [-0.3, -0.25) is 0 Å². The van der Waals surface area contributed by atoms with Gasteiger partial charge in [0.2, 0.25) is 0 Å². The fourth-order valence-electron chi connectivity index (χ4n) is 1.19. The Bertz CT molecular complexity index is 319. The first-order chi connectivity index (χ1) is 7.13. The van der Waals surface area contributed by atoms with E-state index in [1.165, 1.54) is 0 Å². The van der Waals surface area contributed by atoms with Crippen LogP contribution >= 0.6 is 12.6 Å². The molecule has 0 spiro atoms. The Morgan fingerprint density at radius 2 is 2.00 bits per heavy atom. The Kier molecular flexibility index (Phi) is 4.69. The van der Waals surface area contributed by atoms with Crippen molar-refractivity contribution in [3.8, 4) is 0 Å². The fraction of sp³-hybridized carbons (Fsp3) is 0.417. The molecule has 0 unspecified atom stereocenters. The smallest absolute Gasteiger partial charge is 0.339 e. The first-order valence-corrected chi connectivity index (χ1v) is 5.61. The van der Waals surface area contributed by atoms with E-state index < -0.39 is 0 Å². The van der Waals surface area contributed by atoms with E-state index in [1.54, 1.807) is 12.1 Å². The molecule has 0 N–H and O–H groups in total. The van der Waals surface area contributed by atoms with Crippen LogP contribution in [-0.4, -0.2) is 11.4 Å². The van der Waals surface area contributed by atoms with Crippen molar-refractivity contribution < 1.29 is 9.53 Å². The van der Waals surface area contributed by atoms with Gasteiger partial charge in [0.05, 0.1) is 5.56 Å². The highest BCUT2D eigenvalue weighted by atomic mass is 32.1. The summed E-state index contributed by atoms with van der Waals surface area (Å²) in [6.45, 7) is 4.01. The Labute approximate surface area is 96.1 Å². The molecule has 0 radical (unpaired) electrons. The Balaban J connectivity index is 2.57. The number of carbonyl (C=O) groups excluding carboxylic acids is 1. The van der Waals surface area contributed by atoms with Crippen LogP contribution in [0.15, 0.2) is 24.3 Å². The molecular formula is C12H16O2S. The van der Waals surface area contributed by atoms with Gasteiger partial charge in [-0.25, -0.2) is 4.79 Å². The zero-order valence-electron chi connectivity index (χ0n) is 9.06. The number of benzene rings is 1. The third-order valence-corrected chi connectivity index (χ3v) is 2.43. The molecule has 0 fully saturated rings. The SMILES string of the molecule is CCC[C@@H](S)OC(=O)c1ccc(C)cc1. The van der Waals surface area contributed by atoms with Gasteiger partial charge >= 0.3 is 5.97 Å². The minimum atomic E-state index is -0.302. The van der Waals surface area contributed by atoms with Crippen LogP contribution < -0.4 is 0 Å². The van der Waals surface area contributed by atoms with E-state index >= 15 is 0 Å². The molecule has 82 valence electrons. The highest BCUT2D eigenvalue weighted by Crippen LogP contribution is 2.11. The fourth-order valence-corrected chi connectivity index (χ4v) is 1.54. The minimum Gasteiger partial charge on any atom is -0.448 e. The molecular weight excluding hydrogens is 208 g/mol. The standard InChI is InChI=1S/C12H16O2S/c1-3-4-11(15)14-12(13)10-7-5-9(2)6-8-10/h5-8,11,15H,3-4H2,1-2H3/t11-/m1/s1. The molecule has 15 heavy (non-hydrogen) atoms. The van der Waals surface area contributed by atoms with Crippen LogP contribution in [0.2, 0.25) is 0 Å². The van der Waals surface area contributed by atoms with Gasteiger partial charge in [0.15, 0.2) is 0 Å². The van der Waals surface area contributed by atoms with Crippen LogP contribution in [0.3, 0.4) is 0 Å². The molecule has 0 aliphatic heterocycles. The number of thiol groups is 1. The largest absolute Gasteiger partial charge is 0.448 e. The summed E-state index contributed by atoms with van der Waals surface area (Å²) in [5.41, 5.74) is 1.40. The second kappa shape index (κ2) is 5.81. The summed E-state index contributed by atoms with van der Waals surface area (Å²) in [6, 6.07) is 7.32. The molecule has 1 aromatic carbocycles. The Hall–Kier alpha value is -0.960. The van der Waals surface area contributed by atoms with Crippen molar-refractivity contribution in [3.05, 3.63) is 35.4 Å². The summed E-state index contributed by atoms with van der Waals surface area (Å²) in [5, 5.41) is 0.